The van der Waals surface area contributed by atoms with Crippen molar-refractivity contribution in [3.8, 4) is 0 Å². The van der Waals surface area contributed by atoms with Crippen LogP contribution < -0.4 is 10.6 Å². The number of nitrogens with one attached hydrogen (secondary N) is 2. The second kappa shape index (κ2) is 7.91. The molecule has 3 nitrogen and oxygen atoms in total. The molecule has 1 aliphatic rings. The van der Waals surface area contributed by atoms with Gasteiger partial charge in [0.15, 0.2) is 0 Å². The highest BCUT2D eigenvalue weighted by Crippen LogP contribution is 2.32. The van der Waals surface area contributed by atoms with E-state index < -0.39 is 0 Å². The maximum absolute atomic E-state index is 11.6. The van der Waals surface area contributed by atoms with E-state index >= 15 is 0 Å². The van der Waals surface area contributed by atoms with Gasteiger partial charge in [0.05, 0.1) is 0 Å². The molecule has 96 valence electrons. The minimum atomic E-state index is 0. The van der Waals surface area contributed by atoms with Gasteiger partial charge in [-0.15, -0.1) is 12.4 Å². The Bertz CT molecular complexity index is 211. The van der Waals surface area contributed by atoms with Gasteiger partial charge in [0.2, 0.25) is 5.91 Å². The van der Waals surface area contributed by atoms with Crippen LogP contribution in [-0.2, 0) is 4.79 Å². The van der Waals surface area contributed by atoms with Crippen LogP contribution in [-0.4, -0.2) is 25.5 Å². The standard InChI is InChI=1S/C12H24N2O.ClH/c1-9-4-5-11(6-9)7-12(15)14-8-10(2)13-3;/h9-11,13H,4-8H2,1-3H3,(H,14,15);1H. The first-order valence-electron chi connectivity index (χ1n) is 6.05. The summed E-state index contributed by atoms with van der Waals surface area (Å²) in [5.74, 6) is 1.67. The molecule has 1 rings (SSSR count). The van der Waals surface area contributed by atoms with Crippen molar-refractivity contribution in [3.63, 3.8) is 0 Å². The number of hydrogen-bond donors (Lipinski definition) is 2. The lowest BCUT2D eigenvalue weighted by Gasteiger charge is -2.13. The minimum Gasteiger partial charge on any atom is -0.355 e. The van der Waals surface area contributed by atoms with Crippen LogP contribution in [0.3, 0.4) is 0 Å². The number of likely N-dealkylation sites (N-methyl/N-ethyl adjacent to an activating group) is 1. The van der Waals surface area contributed by atoms with Crippen molar-refractivity contribution in [2.75, 3.05) is 13.6 Å². The molecule has 0 heterocycles. The average Bonchev–Trinajstić information content (AvgIpc) is 2.60. The van der Waals surface area contributed by atoms with Crippen LogP contribution in [0, 0.1) is 11.8 Å². The zero-order chi connectivity index (χ0) is 11.3. The number of carbonyl (C=O) groups is 1. The lowest BCUT2D eigenvalue weighted by molar-refractivity contribution is -0.122. The first-order valence-corrected chi connectivity index (χ1v) is 6.05. The SMILES string of the molecule is CNC(C)CNC(=O)CC1CCC(C)C1.Cl. The molecule has 16 heavy (non-hydrogen) atoms. The molecular formula is C12H25ClN2O. The fraction of sp³-hybridized carbons (Fsp3) is 0.917. The zero-order valence-corrected chi connectivity index (χ0v) is 11.4. The van der Waals surface area contributed by atoms with Gasteiger partial charge < -0.3 is 10.6 Å². The van der Waals surface area contributed by atoms with Crippen molar-refractivity contribution >= 4 is 18.3 Å². The Kier molecular flexibility index (Phi) is 7.77. The smallest absolute Gasteiger partial charge is 0.220 e. The first-order chi connectivity index (χ1) is 7.11. The van der Waals surface area contributed by atoms with Crippen molar-refractivity contribution in [1.29, 1.82) is 0 Å². The van der Waals surface area contributed by atoms with E-state index in [4.69, 9.17) is 0 Å². The Labute approximate surface area is 105 Å². The van der Waals surface area contributed by atoms with Crippen LogP contribution in [0.2, 0.25) is 0 Å². The fourth-order valence-electron chi connectivity index (χ4n) is 2.21. The van der Waals surface area contributed by atoms with Gasteiger partial charge in [-0.05, 0) is 38.6 Å². The topological polar surface area (TPSA) is 41.1 Å². The molecule has 3 atom stereocenters. The molecule has 1 saturated carbocycles. The molecule has 3 unspecified atom stereocenters. The van der Waals surface area contributed by atoms with Crippen molar-refractivity contribution in [3.05, 3.63) is 0 Å². The summed E-state index contributed by atoms with van der Waals surface area (Å²) in [7, 11) is 1.91. The molecule has 1 amide bonds. The van der Waals surface area contributed by atoms with Gasteiger partial charge in [-0.1, -0.05) is 13.3 Å². The van der Waals surface area contributed by atoms with E-state index in [-0.39, 0.29) is 18.3 Å². The second-order valence-corrected chi connectivity index (χ2v) is 4.98. The maximum Gasteiger partial charge on any atom is 0.220 e. The van der Waals surface area contributed by atoms with E-state index in [0.717, 1.165) is 18.9 Å². The van der Waals surface area contributed by atoms with Crippen LogP contribution in [0.1, 0.15) is 39.5 Å². The first kappa shape index (κ1) is 15.7. The van der Waals surface area contributed by atoms with Crippen molar-refractivity contribution in [1.82, 2.24) is 10.6 Å². The van der Waals surface area contributed by atoms with Crippen LogP contribution in [0.4, 0.5) is 0 Å². The van der Waals surface area contributed by atoms with Crippen molar-refractivity contribution in [2.45, 2.75) is 45.6 Å². The highest BCUT2D eigenvalue weighted by Gasteiger charge is 2.23. The largest absolute Gasteiger partial charge is 0.355 e. The molecule has 4 heteroatoms. The molecule has 0 spiro atoms. The highest BCUT2D eigenvalue weighted by molar-refractivity contribution is 5.85. The van der Waals surface area contributed by atoms with Gasteiger partial charge in [0.1, 0.15) is 0 Å². The molecule has 1 aliphatic carbocycles. The molecule has 0 radical (unpaired) electrons. The second-order valence-electron chi connectivity index (χ2n) is 4.98. The summed E-state index contributed by atoms with van der Waals surface area (Å²) in [6.45, 7) is 5.08. The summed E-state index contributed by atoms with van der Waals surface area (Å²) in [5, 5.41) is 6.08. The van der Waals surface area contributed by atoms with Crippen molar-refractivity contribution < 1.29 is 4.79 Å². The number of halogens is 1. The zero-order valence-electron chi connectivity index (χ0n) is 10.6. The summed E-state index contributed by atoms with van der Waals surface area (Å²) in [6, 6.07) is 0.358. The summed E-state index contributed by atoms with van der Waals surface area (Å²) < 4.78 is 0. The Morgan fingerprint density at radius 2 is 2.12 bits per heavy atom. The number of amides is 1. The Morgan fingerprint density at radius 3 is 2.62 bits per heavy atom. The highest BCUT2D eigenvalue weighted by atomic mass is 35.5. The average molecular weight is 249 g/mol. The molecule has 2 N–H and O–H groups in total. The fourth-order valence-corrected chi connectivity index (χ4v) is 2.21. The van der Waals surface area contributed by atoms with E-state index in [9.17, 15) is 4.79 Å². The summed E-state index contributed by atoms with van der Waals surface area (Å²) in [4.78, 5) is 11.6. The van der Waals surface area contributed by atoms with E-state index in [1.807, 2.05) is 7.05 Å². The van der Waals surface area contributed by atoms with Crippen LogP contribution in [0.5, 0.6) is 0 Å². The Hall–Kier alpha value is -0.280. The van der Waals surface area contributed by atoms with E-state index in [1.165, 1.54) is 19.3 Å². The molecule has 0 saturated heterocycles. The monoisotopic (exact) mass is 248 g/mol. The molecule has 0 aromatic rings. The number of rotatable bonds is 5. The number of hydrogen-bond acceptors (Lipinski definition) is 2. The van der Waals surface area contributed by atoms with E-state index in [0.29, 0.717) is 12.0 Å². The van der Waals surface area contributed by atoms with Crippen LogP contribution in [0.15, 0.2) is 0 Å². The third-order valence-electron chi connectivity index (χ3n) is 3.38. The molecule has 0 aliphatic heterocycles. The minimum absolute atomic E-state index is 0. The molecule has 0 aromatic heterocycles. The number of carbonyl (C=O) groups excluding carboxylic acids is 1. The van der Waals surface area contributed by atoms with Crippen LogP contribution in [0.25, 0.3) is 0 Å². The molecule has 0 aromatic carbocycles. The lowest BCUT2D eigenvalue weighted by atomic mass is 10.0. The quantitative estimate of drug-likeness (QED) is 0.781. The van der Waals surface area contributed by atoms with Gasteiger partial charge >= 0.3 is 0 Å². The Morgan fingerprint density at radius 1 is 1.44 bits per heavy atom. The normalized spacial score (nSPS) is 25.9. The molecular weight excluding hydrogens is 224 g/mol. The molecule has 0 bridgehead atoms. The maximum atomic E-state index is 11.6. The predicted octanol–water partition coefficient (Wildman–Crippen LogP) is 1.96. The summed E-state index contributed by atoms with van der Waals surface area (Å²) in [5.41, 5.74) is 0. The Balaban J connectivity index is 0.00000225. The summed E-state index contributed by atoms with van der Waals surface area (Å²) >= 11 is 0. The lowest BCUT2D eigenvalue weighted by Crippen LogP contribution is -2.37. The molecule has 1 fully saturated rings. The van der Waals surface area contributed by atoms with Crippen LogP contribution >= 0.6 is 12.4 Å². The summed E-state index contributed by atoms with van der Waals surface area (Å²) in [6.07, 6.45) is 4.48. The van der Waals surface area contributed by atoms with Gasteiger partial charge in [-0.2, -0.15) is 0 Å². The third-order valence-corrected chi connectivity index (χ3v) is 3.38. The van der Waals surface area contributed by atoms with E-state index in [2.05, 4.69) is 24.5 Å². The van der Waals surface area contributed by atoms with Gasteiger partial charge in [-0.25, -0.2) is 0 Å². The van der Waals surface area contributed by atoms with E-state index in [1.54, 1.807) is 0 Å². The van der Waals surface area contributed by atoms with Gasteiger partial charge in [0, 0.05) is 19.0 Å². The van der Waals surface area contributed by atoms with Gasteiger partial charge in [0.25, 0.3) is 0 Å². The predicted molar refractivity (Wildman–Crippen MR) is 69.9 cm³/mol. The third kappa shape index (κ3) is 5.71. The van der Waals surface area contributed by atoms with Gasteiger partial charge in [-0.3, -0.25) is 4.79 Å². The van der Waals surface area contributed by atoms with Crippen molar-refractivity contribution in [2.24, 2.45) is 11.8 Å².